The molecule has 0 aliphatic heterocycles. The zero-order chi connectivity index (χ0) is 16.8. The number of ketones is 1. The van der Waals surface area contributed by atoms with Gasteiger partial charge in [0.25, 0.3) is 0 Å². The highest BCUT2D eigenvalue weighted by molar-refractivity contribution is 5.99. The van der Waals surface area contributed by atoms with E-state index in [2.05, 4.69) is 0 Å². The Kier molecular flexibility index (Phi) is 5.69. The van der Waals surface area contributed by atoms with Crippen molar-refractivity contribution in [2.45, 2.75) is 33.2 Å². The summed E-state index contributed by atoms with van der Waals surface area (Å²) in [7, 11) is 1.78. The minimum atomic E-state index is -0.00694. The second-order valence-electron chi connectivity index (χ2n) is 5.98. The molecule has 0 saturated carbocycles. The number of nitrogens with zero attached hydrogens (tertiary/aromatic N) is 1. The fourth-order valence-electron chi connectivity index (χ4n) is 2.53. The standard InChI is InChI=1S/C20H23NO2/c1-15-9-10-16(2)18(13-15)19(22)11-12-20(23)21(3)14-17-7-5-4-6-8-17/h4-10,13H,11-12,14H2,1-3H3. The molecule has 3 heteroatoms. The molecule has 0 aliphatic carbocycles. The molecule has 0 radical (unpaired) electrons. The lowest BCUT2D eigenvalue weighted by Crippen LogP contribution is -2.26. The zero-order valence-corrected chi connectivity index (χ0v) is 14.0. The molecular weight excluding hydrogens is 286 g/mol. The fourth-order valence-corrected chi connectivity index (χ4v) is 2.53. The molecule has 2 aromatic carbocycles. The summed E-state index contributed by atoms with van der Waals surface area (Å²) < 4.78 is 0. The first-order valence-corrected chi connectivity index (χ1v) is 7.85. The molecule has 3 nitrogen and oxygen atoms in total. The summed E-state index contributed by atoms with van der Waals surface area (Å²) in [6.07, 6.45) is 0.498. The van der Waals surface area contributed by atoms with Crippen LogP contribution in [0, 0.1) is 13.8 Å². The number of rotatable bonds is 6. The topological polar surface area (TPSA) is 37.4 Å². The van der Waals surface area contributed by atoms with Crippen LogP contribution in [-0.4, -0.2) is 23.6 Å². The van der Waals surface area contributed by atoms with Crippen molar-refractivity contribution in [1.29, 1.82) is 0 Å². The summed E-state index contributed by atoms with van der Waals surface area (Å²) in [4.78, 5) is 26.2. The van der Waals surface area contributed by atoms with E-state index < -0.39 is 0 Å². The lowest BCUT2D eigenvalue weighted by atomic mass is 9.99. The quantitative estimate of drug-likeness (QED) is 0.758. The van der Waals surface area contributed by atoms with E-state index in [4.69, 9.17) is 0 Å². The van der Waals surface area contributed by atoms with Gasteiger partial charge in [0.15, 0.2) is 5.78 Å². The highest BCUT2D eigenvalue weighted by Gasteiger charge is 2.14. The van der Waals surface area contributed by atoms with E-state index in [0.717, 1.165) is 22.3 Å². The van der Waals surface area contributed by atoms with Crippen molar-refractivity contribution in [1.82, 2.24) is 4.90 Å². The van der Waals surface area contributed by atoms with Gasteiger partial charge in [0.05, 0.1) is 0 Å². The third-order valence-corrected chi connectivity index (χ3v) is 3.95. The Morgan fingerprint density at radius 2 is 1.65 bits per heavy atom. The van der Waals surface area contributed by atoms with Crippen molar-refractivity contribution in [3.8, 4) is 0 Å². The number of benzene rings is 2. The van der Waals surface area contributed by atoms with E-state index in [9.17, 15) is 9.59 Å². The molecule has 0 spiro atoms. The Bertz CT molecular complexity index is 692. The van der Waals surface area contributed by atoms with Crippen molar-refractivity contribution in [3.05, 3.63) is 70.8 Å². The lowest BCUT2D eigenvalue weighted by molar-refractivity contribution is -0.130. The summed E-state index contributed by atoms with van der Waals surface area (Å²) in [5.74, 6) is 0.0279. The molecule has 0 fully saturated rings. The first-order valence-electron chi connectivity index (χ1n) is 7.85. The van der Waals surface area contributed by atoms with Gasteiger partial charge >= 0.3 is 0 Å². The Morgan fingerprint density at radius 3 is 2.35 bits per heavy atom. The maximum Gasteiger partial charge on any atom is 0.223 e. The van der Waals surface area contributed by atoms with E-state index in [1.54, 1.807) is 11.9 Å². The first-order chi connectivity index (χ1) is 11.0. The zero-order valence-electron chi connectivity index (χ0n) is 14.0. The van der Waals surface area contributed by atoms with Crippen LogP contribution in [0.15, 0.2) is 48.5 Å². The molecule has 0 saturated heterocycles. The molecule has 23 heavy (non-hydrogen) atoms. The highest BCUT2D eigenvalue weighted by atomic mass is 16.2. The summed E-state index contributed by atoms with van der Waals surface area (Å²) >= 11 is 0. The molecule has 2 rings (SSSR count). The van der Waals surface area contributed by atoms with Gasteiger partial charge in [-0.15, -0.1) is 0 Å². The monoisotopic (exact) mass is 309 g/mol. The predicted octanol–water partition coefficient (Wildman–Crippen LogP) is 3.92. The maximum atomic E-state index is 12.3. The molecule has 120 valence electrons. The maximum absolute atomic E-state index is 12.3. The van der Waals surface area contributed by atoms with Crippen LogP contribution >= 0.6 is 0 Å². The largest absolute Gasteiger partial charge is 0.341 e. The third-order valence-electron chi connectivity index (χ3n) is 3.95. The number of carbonyl (C=O) groups excluding carboxylic acids is 2. The number of Topliss-reactive ketones (excluding diaryl/α,β-unsaturated/α-hetero) is 1. The van der Waals surface area contributed by atoms with Crippen LogP contribution in [0.3, 0.4) is 0 Å². The van der Waals surface area contributed by atoms with Crippen LogP contribution < -0.4 is 0 Å². The highest BCUT2D eigenvalue weighted by Crippen LogP contribution is 2.14. The van der Waals surface area contributed by atoms with E-state index in [1.165, 1.54) is 0 Å². The summed E-state index contributed by atoms with van der Waals surface area (Å²) in [5, 5.41) is 0. The van der Waals surface area contributed by atoms with Crippen LogP contribution in [0.1, 0.15) is 39.9 Å². The van der Waals surface area contributed by atoms with Crippen LogP contribution in [-0.2, 0) is 11.3 Å². The van der Waals surface area contributed by atoms with Crippen LogP contribution in [0.5, 0.6) is 0 Å². The average molecular weight is 309 g/mol. The smallest absolute Gasteiger partial charge is 0.223 e. The van der Waals surface area contributed by atoms with Crippen molar-refractivity contribution in [3.63, 3.8) is 0 Å². The van der Waals surface area contributed by atoms with E-state index in [1.807, 2.05) is 62.4 Å². The first kappa shape index (κ1) is 16.9. The average Bonchev–Trinajstić information content (AvgIpc) is 2.55. The number of aryl methyl sites for hydroxylation is 2. The van der Waals surface area contributed by atoms with Gasteiger partial charge in [0.2, 0.25) is 5.91 Å². The summed E-state index contributed by atoms with van der Waals surface area (Å²) in [5.41, 5.74) is 3.84. The minimum Gasteiger partial charge on any atom is -0.341 e. The van der Waals surface area contributed by atoms with Gasteiger partial charge in [-0.3, -0.25) is 9.59 Å². The van der Waals surface area contributed by atoms with Gasteiger partial charge in [-0.1, -0.05) is 48.0 Å². The van der Waals surface area contributed by atoms with E-state index in [-0.39, 0.29) is 24.5 Å². The molecular formula is C20H23NO2. The van der Waals surface area contributed by atoms with E-state index in [0.29, 0.717) is 6.54 Å². The second kappa shape index (κ2) is 7.73. The van der Waals surface area contributed by atoms with Crippen molar-refractivity contribution >= 4 is 11.7 Å². The minimum absolute atomic E-state index is 0.00694. The van der Waals surface area contributed by atoms with Gasteiger partial charge in [-0.05, 0) is 31.0 Å². The van der Waals surface area contributed by atoms with Crippen molar-refractivity contribution in [2.75, 3.05) is 7.05 Å². The van der Waals surface area contributed by atoms with Gasteiger partial charge in [-0.2, -0.15) is 0 Å². The molecule has 2 aromatic rings. The molecule has 0 aromatic heterocycles. The SMILES string of the molecule is Cc1ccc(C)c(C(=O)CCC(=O)N(C)Cc2ccccc2)c1. The number of carbonyl (C=O) groups is 2. The molecule has 1 amide bonds. The summed E-state index contributed by atoms with van der Waals surface area (Å²) in [6.45, 7) is 4.46. The normalized spacial score (nSPS) is 10.4. The van der Waals surface area contributed by atoms with Gasteiger partial charge in [0.1, 0.15) is 0 Å². The van der Waals surface area contributed by atoms with E-state index >= 15 is 0 Å². The number of amides is 1. The predicted molar refractivity (Wildman–Crippen MR) is 92.4 cm³/mol. The van der Waals surface area contributed by atoms with Gasteiger partial charge < -0.3 is 4.90 Å². The lowest BCUT2D eigenvalue weighted by Gasteiger charge is -2.17. The Balaban J connectivity index is 1.90. The molecule has 0 atom stereocenters. The molecule has 0 heterocycles. The Labute approximate surface area is 137 Å². The third kappa shape index (κ3) is 4.78. The number of hydrogen-bond donors (Lipinski definition) is 0. The van der Waals surface area contributed by atoms with Crippen LogP contribution in [0.4, 0.5) is 0 Å². The van der Waals surface area contributed by atoms with Crippen molar-refractivity contribution < 1.29 is 9.59 Å². The fraction of sp³-hybridized carbons (Fsp3) is 0.300. The Morgan fingerprint density at radius 1 is 0.957 bits per heavy atom. The van der Waals surface area contributed by atoms with Crippen LogP contribution in [0.25, 0.3) is 0 Å². The Hall–Kier alpha value is -2.42. The number of hydrogen-bond acceptors (Lipinski definition) is 2. The molecule has 0 N–H and O–H groups in total. The molecule has 0 bridgehead atoms. The van der Waals surface area contributed by atoms with Gasteiger partial charge in [-0.25, -0.2) is 0 Å². The summed E-state index contributed by atoms with van der Waals surface area (Å²) in [6, 6.07) is 15.7. The second-order valence-corrected chi connectivity index (χ2v) is 5.98. The van der Waals surface area contributed by atoms with Gasteiger partial charge in [0, 0.05) is 32.0 Å². The van der Waals surface area contributed by atoms with Crippen LogP contribution in [0.2, 0.25) is 0 Å². The van der Waals surface area contributed by atoms with Crippen molar-refractivity contribution in [2.24, 2.45) is 0 Å². The molecule has 0 unspecified atom stereocenters. The molecule has 0 aliphatic rings.